The molecule has 2 rings (SSSR count). The van der Waals surface area contributed by atoms with E-state index in [1.807, 2.05) is 24.3 Å². The number of benzene rings is 1. The van der Waals surface area contributed by atoms with Gasteiger partial charge in [-0.3, -0.25) is 0 Å². The summed E-state index contributed by atoms with van der Waals surface area (Å²) in [4.78, 5) is 17.9. The molecule has 1 heterocycles. The van der Waals surface area contributed by atoms with E-state index in [0.29, 0.717) is 24.5 Å². The van der Waals surface area contributed by atoms with Crippen LogP contribution in [0, 0.1) is 0 Å². The van der Waals surface area contributed by atoms with Gasteiger partial charge in [-0.25, -0.2) is 4.79 Å². The molecule has 0 saturated heterocycles. The van der Waals surface area contributed by atoms with Crippen molar-refractivity contribution in [2.75, 3.05) is 25.5 Å². The number of H-pyrrole nitrogens is 1. The molecule has 0 fully saturated rings. The maximum atomic E-state index is 11.4. The van der Waals surface area contributed by atoms with Gasteiger partial charge in [-0.15, -0.1) is 0 Å². The van der Waals surface area contributed by atoms with Crippen LogP contribution in [0.15, 0.2) is 35.3 Å². The second-order valence-electron chi connectivity index (χ2n) is 3.89. The van der Waals surface area contributed by atoms with Crippen LogP contribution in [0.1, 0.15) is 0 Å². The third-order valence-electron chi connectivity index (χ3n) is 2.65. The average molecular weight is 260 g/mol. The van der Waals surface area contributed by atoms with Crippen molar-refractivity contribution in [3.63, 3.8) is 0 Å². The van der Waals surface area contributed by atoms with Gasteiger partial charge in [0.2, 0.25) is 0 Å². The Kier molecular flexibility index (Phi) is 4.15. The van der Waals surface area contributed by atoms with Gasteiger partial charge >= 0.3 is 5.69 Å². The van der Waals surface area contributed by atoms with E-state index in [4.69, 9.17) is 10.5 Å². The van der Waals surface area contributed by atoms with Crippen LogP contribution in [0.2, 0.25) is 0 Å². The van der Waals surface area contributed by atoms with Gasteiger partial charge in [0, 0.05) is 18.7 Å². The van der Waals surface area contributed by atoms with Gasteiger partial charge in [-0.1, -0.05) is 12.1 Å². The third-order valence-corrected chi connectivity index (χ3v) is 2.65. The summed E-state index contributed by atoms with van der Waals surface area (Å²) >= 11 is 0. The lowest BCUT2D eigenvalue weighted by molar-refractivity contribution is 0.416. The number of rotatable bonds is 5. The predicted molar refractivity (Wildman–Crippen MR) is 74.4 cm³/mol. The Morgan fingerprint density at radius 1 is 1.42 bits per heavy atom. The summed E-state index contributed by atoms with van der Waals surface area (Å²) in [6.45, 7) is 1.08. The SMILES string of the molecule is COc1ccccc1-c1[nH]c(=O)ncc1NCCN. The van der Waals surface area contributed by atoms with Crippen molar-refractivity contribution in [2.45, 2.75) is 0 Å². The molecule has 0 atom stereocenters. The lowest BCUT2D eigenvalue weighted by Gasteiger charge is -2.13. The van der Waals surface area contributed by atoms with Crippen molar-refractivity contribution in [1.29, 1.82) is 0 Å². The quantitative estimate of drug-likeness (QED) is 0.740. The Morgan fingerprint density at radius 3 is 2.95 bits per heavy atom. The Morgan fingerprint density at radius 2 is 2.21 bits per heavy atom. The number of aromatic amines is 1. The monoisotopic (exact) mass is 260 g/mol. The van der Waals surface area contributed by atoms with Crippen molar-refractivity contribution in [3.8, 4) is 17.0 Å². The molecular weight excluding hydrogens is 244 g/mol. The van der Waals surface area contributed by atoms with Gasteiger partial charge in [-0.2, -0.15) is 4.98 Å². The smallest absolute Gasteiger partial charge is 0.345 e. The normalized spacial score (nSPS) is 10.2. The van der Waals surface area contributed by atoms with Crippen LogP contribution in [0.4, 0.5) is 5.69 Å². The molecule has 19 heavy (non-hydrogen) atoms. The molecule has 0 aliphatic carbocycles. The molecule has 1 aromatic heterocycles. The summed E-state index contributed by atoms with van der Waals surface area (Å²) in [6.07, 6.45) is 1.50. The second kappa shape index (κ2) is 6.01. The molecule has 0 spiro atoms. The highest BCUT2D eigenvalue weighted by molar-refractivity contribution is 5.77. The summed E-state index contributed by atoms with van der Waals surface area (Å²) in [5, 5.41) is 3.13. The number of anilines is 1. The van der Waals surface area contributed by atoms with Crippen LogP contribution in [0.3, 0.4) is 0 Å². The van der Waals surface area contributed by atoms with Crippen LogP contribution in [0.5, 0.6) is 5.75 Å². The Labute approximate surface area is 110 Å². The number of ether oxygens (including phenoxy) is 1. The topological polar surface area (TPSA) is 93.0 Å². The summed E-state index contributed by atoms with van der Waals surface area (Å²) in [6, 6.07) is 7.45. The van der Waals surface area contributed by atoms with Crippen LogP contribution < -0.4 is 21.5 Å². The van der Waals surface area contributed by atoms with Crippen molar-refractivity contribution < 1.29 is 4.74 Å². The summed E-state index contributed by atoms with van der Waals surface area (Å²) in [7, 11) is 1.59. The predicted octanol–water partition coefficient (Wildman–Crippen LogP) is 0.816. The average Bonchev–Trinajstić information content (AvgIpc) is 2.46. The number of nitrogens with two attached hydrogens (primary N) is 1. The Balaban J connectivity index is 2.53. The van der Waals surface area contributed by atoms with Crippen molar-refractivity contribution >= 4 is 5.69 Å². The van der Waals surface area contributed by atoms with E-state index in [1.165, 1.54) is 6.20 Å². The Hall–Kier alpha value is -2.34. The van der Waals surface area contributed by atoms with E-state index in [1.54, 1.807) is 7.11 Å². The lowest BCUT2D eigenvalue weighted by Crippen LogP contribution is -2.17. The summed E-state index contributed by atoms with van der Waals surface area (Å²) in [5.41, 5.74) is 7.22. The highest BCUT2D eigenvalue weighted by Gasteiger charge is 2.11. The zero-order valence-electron chi connectivity index (χ0n) is 10.6. The van der Waals surface area contributed by atoms with Crippen molar-refractivity contribution in [1.82, 2.24) is 9.97 Å². The number of methoxy groups -OCH3 is 1. The first-order valence-corrected chi connectivity index (χ1v) is 5.93. The zero-order chi connectivity index (χ0) is 13.7. The number of hydrogen-bond acceptors (Lipinski definition) is 5. The number of nitrogens with zero attached hydrogens (tertiary/aromatic N) is 1. The molecule has 6 nitrogen and oxygen atoms in total. The number of hydrogen-bond donors (Lipinski definition) is 3. The molecule has 4 N–H and O–H groups in total. The fourth-order valence-electron chi connectivity index (χ4n) is 1.80. The second-order valence-corrected chi connectivity index (χ2v) is 3.89. The summed E-state index contributed by atoms with van der Waals surface area (Å²) in [5.74, 6) is 0.681. The molecule has 0 saturated carbocycles. The number of nitrogens with one attached hydrogen (secondary N) is 2. The van der Waals surface area contributed by atoms with Crippen LogP contribution >= 0.6 is 0 Å². The van der Waals surface area contributed by atoms with Crippen molar-refractivity contribution in [2.24, 2.45) is 5.73 Å². The molecule has 100 valence electrons. The molecule has 6 heteroatoms. The fourth-order valence-corrected chi connectivity index (χ4v) is 1.80. The molecule has 2 aromatic rings. The molecule has 0 aliphatic rings. The Bertz CT molecular complexity index is 610. The van der Waals surface area contributed by atoms with Crippen LogP contribution in [-0.4, -0.2) is 30.2 Å². The maximum absolute atomic E-state index is 11.4. The first-order valence-electron chi connectivity index (χ1n) is 5.93. The van der Waals surface area contributed by atoms with Crippen molar-refractivity contribution in [3.05, 3.63) is 40.9 Å². The molecule has 1 aromatic carbocycles. The van der Waals surface area contributed by atoms with Crippen LogP contribution in [0.25, 0.3) is 11.3 Å². The molecule has 0 radical (unpaired) electrons. The fraction of sp³-hybridized carbons (Fsp3) is 0.231. The van der Waals surface area contributed by atoms with Gasteiger partial charge in [0.15, 0.2) is 0 Å². The summed E-state index contributed by atoms with van der Waals surface area (Å²) < 4.78 is 5.30. The van der Waals surface area contributed by atoms with Gasteiger partial charge in [0.05, 0.1) is 24.7 Å². The minimum Gasteiger partial charge on any atom is -0.496 e. The molecular formula is C13H16N4O2. The van der Waals surface area contributed by atoms with E-state index in [0.717, 1.165) is 11.3 Å². The largest absolute Gasteiger partial charge is 0.496 e. The third kappa shape index (κ3) is 2.92. The van der Waals surface area contributed by atoms with Gasteiger partial charge in [0.25, 0.3) is 0 Å². The van der Waals surface area contributed by atoms with Gasteiger partial charge in [-0.05, 0) is 12.1 Å². The van der Waals surface area contributed by atoms with E-state index < -0.39 is 5.69 Å². The highest BCUT2D eigenvalue weighted by atomic mass is 16.5. The number of para-hydroxylation sites is 1. The molecule has 0 unspecified atom stereocenters. The first kappa shape index (κ1) is 13.1. The van der Waals surface area contributed by atoms with E-state index in [2.05, 4.69) is 15.3 Å². The minimum absolute atomic E-state index is 0.404. The van der Waals surface area contributed by atoms with E-state index >= 15 is 0 Å². The van der Waals surface area contributed by atoms with E-state index in [-0.39, 0.29) is 0 Å². The maximum Gasteiger partial charge on any atom is 0.345 e. The lowest BCUT2D eigenvalue weighted by atomic mass is 10.1. The van der Waals surface area contributed by atoms with Gasteiger partial charge in [0.1, 0.15) is 5.75 Å². The molecule has 0 bridgehead atoms. The zero-order valence-corrected chi connectivity index (χ0v) is 10.6. The minimum atomic E-state index is -0.404. The standard InChI is InChI=1S/C13H16N4O2/c1-19-11-5-3-2-4-9(11)12-10(15-7-6-14)8-16-13(18)17-12/h2-5,8,15H,6-7,14H2,1H3,(H,16,17,18). The highest BCUT2D eigenvalue weighted by Crippen LogP contribution is 2.31. The van der Waals surface area contributed by atoms with E-state index in [9.17, 15) is 4.79 Å². The molecule has 0 aliphatic heterocycles. The molecule has 0 amide bonds. The first-order chi connectivity index (χ1) is 9.26. The van der Waals surface area contributed by atoms with Crippen LogP contribution in [-0.2, 0) is 0 Å². The number of aromatic nitrogens is 2. The van der Waals surface area contributed by atoms with Gasteiger partial charge < -0.3 is 20.8 Å².